The van der Waals surface area contributed by atoms with Crippen LogP contribution in [0.3, 0.4) is 0 Å². The van der Waals surface area contributed by atoms with E-state index in [1.165, 1.54) is 24.4 Å². The van der Waals surface area contributed by atoms with Crippen molar-refractivity contribution in [3.05, 3.63) is 58.3 Å². The van der Waals surface area contributed by atoms with Gasteiger partial charge in [0.15, 0.2) is 11.6 Å². The summed E-state index contributed by atoms with van der Waals surface area (Å²) in [6, 6.07) is 4.86. The molecule has 2 aromatic rings. The second-order valence-electron chi connectivity index (χ2n) is 3.24. The van der Waals surface area contributed by atoms with Crippen LogP contribution in [0.5, 0.6) is 0 Å². The van der Waals surface area contributed by atoms with Crippen molar-refractivity contribution in [2.75, 3.05) is 0 Å². The lowest BCUT2D eigenvalue weighted by molar-refractivity contribution is 0.502. The molecule has 0 aliphatic carbocycles. The summed E-state index contributed by atoms with van der Waals surface area (Å²) in [7, 11) is 0. The van der Waals surface area contributed by atoms with E-state index in [0.29, 0.717) is 5.82 Å². The zero-order valence-electron chi connectivity index (χ0n) is 8.45. The lowest BCUT2D eigenvalue weighted by atomic mass is 10.3. The van der Waals surface area contributed by atoms with E-state index in [1.807, 2.05) is 0 Å². The Morgan fingerprint density at radius 1 is 1.25 bits per heavy atom. The fourth-order valence-electron chi connectivity index (χ4n) is 1.46. The van der Waals surface area contributed by atoms with E-state index in [-0.39, 0.29) is 5.69 Å². The number of rotatable bonds is 1. The average molecular weight is 222 g/mol. The van der Waals surface area contributed by atoms with Gasteiger partial charge in [-0.05, 0) is 19.1 Å². The smallest absolute Gasteiger partial charge is 0.258 e. The number of aryl methyl sites for hydroxylation is 1. The fourth-order valence-corrected chi connectivity index (χ4v) is 1.46. The van der Waals surface area contributed by atoms with Gasteiger partial charge in [-0.1, -0.05) is 6.07 Å². The summed E-state index contributed by atoms with van der Waals surface area (Å²) in [6.45, 7) is 1.55. The Labute approximate surface area is 90.0 Å². The van der Waals surface area contributed by atoms with Crippen LogP contribution >= 0.6 is 0 Å². The van der Waals surface area contributed by atoms with Crippen LogP contribution in [0.15, 0.2) is 35.3 Å². The molecule has 5 heteroatoms. The van der Waals surface area contributed by atoms with Crippen molar-refractivity contribution >= 4 is 0 Å². The van der Waals surface area contributed by atoms with Crippen molar-refractivity contribution in [2.24, 2.45) is 0 Å². The Kier molecular flexibility index (Phi) is 2.52. The maximum Gasteiger partial charge on any atom is 0.258 e. The predicted octanol–water partition coefficient (Wildman–Crippen LogP) is 1.82. The minimum atomic E-state index is -1.05. The molecule has 0 spiro atoms. The molecule has 16 heavy (non-hydrogen) atoms. The van der Waals surface area contributed by atoms with Gasteiger partial charge in [0.1, 0.15) is 5.82 Å². The van der Waals surface area contributed by atoms with E-state index in [9.17, 15) is 13.6 Å². The van der Waals surface area contributed by atoms with Gasteiger partial charge >= 0.3 is 0 Å². The molecule has 2 rings (SSSR count). The molecule has 0 amide bonds. The number of hydrogen-bond donors (Lipinski definition) is 0. The molecule has 0 unspecified atom stereocenters. The lowest BCUT2D eigenvalue weighted by Crippen LogP contribution is -2.21. The summed E-state index contributed by atoms with van der Waals surface area (Å²) < 4.78 is 27.5. The maximum atomic E-state index is 13.5. The number of aromatic nitrogens is 2. The largest absolute Gasteiger partial charge is 0.269 e. The summed E-state index contributed by atoms with van der Waals surface area (Å²) >= 11 is 0. The third-order valence-corrected chi connectivity index (χ3v) is 2.19. The molecule has 0 radical (unpaired) electrons. The summed E-state index contributed by atoms with van der Waals surface area (Å²) in [5.74, 6) is -1.75. The first kappa shape index (κ1) is 10.5. The van der Waals surface area contributed by atoms with Crippen LogP contribution in [0.4, 0.5) is 8.78 Å². The standard InChI is InChI=1S/C11H8F2N2O/c1-7-14-6-5-10(16)15(7)9-4-2-3-8(12)11(9)13/h2-6H,1H3. The van der Waals surface area contributed by atoms with Crippen LogP contribution in [0, 0.1) is 18.6 Å². The molecule has 1 heterocycles. The molecule has 0 fully saturated rings. The highest BCUT2D eigenvalue weighted by Gasteiger charge is 2.12. The van der Waals surface area contributed by atoms with Gasteiger partial charge in [-0.3, -0.25) is 9.36 Å². The van der Waals surface area contributed by atoms with E-state index in [1.54, 1.807) is 6.92 Å². The normalized spacial score (nSPS) is 10.4. The molecular formula is C11H8F2N2O. The minimum absolute atomic E-state index is 0.129. The van der Waals surface area contributed by atoms with Crippen LogP contribution in [0.25, 0.3) is 5.69 Å². The van der Waals surface area contributed by atoms with Crippen molar-refractivity contribution in [1.29, 1.82) is 0 Å². The van der Waals surface area contributed by atoms with Crippen LogP contribution in [0.2, 0.25) is 0 Å². The third-order valence-electron chi connectivity index (χ3n) is 2.19. The highest BCUT2D eigenvalue weighted by Crippen LogP contribution is 2.15. The van der Waals surface area contributed by atoms with Crippen molar-refractivity contribution in [1.82, 2.24) is 9.55 Å². The molecule has 0 saturated heterocycles. The highest BCUT2D eigenvalue weighted by molar-refractivity contribution is 5.35. The van der Waals surface area contributed by atoms with Gasteiger partial charge in [-0.2, -0.15) is 0 Å². The number of benzene rings is 1. The summed E-state index contributed by atoms with van der Waals surface area (Å²) in [5, 5.41) is 0. The Morgan fingerprint density at radius 2 is 2.00 bits per heavy atom. The van der Waals surface area contributed by atoms with E-state index in [4.69, 9.17) is 0 Å². The topological polar surface area (TPSA) is 34.9 Å². The monoisotopic (exact) mass is 222 g/mol. The second kappa shape index (κ2) is 3.84. The van der Waals surface area contributed by atoms with Crippen LogP contribution in [0.1, 0.15) is 5.82 Å². The van der Waals surface area contributed by atoms with Crippen molar-refractivity contribution < 1.29 is 8.78 Å². The lowest BCUT2D eigenvalue weighted by Gasteiger charge is -2.09. The molecule has 0 atom stereocenters. The zero-order valence-corrected chi connectivity index (χ0v) is 8.45. The van der Waals surface area contributed by atoms with Gasteiger partial charge in [-0.25, -0.2) is 13.8 Å². The molecule has 3 nitrogen and oxygen atoms in total. The van der Waals surface area contributed by atoms with Crippen molar-refractivity contribution in [3.63, 3.8) is 0 Å². The Morgan fingerprint density at radius 3 is 2.69 bits per heavy atom. The van der Waals surface area contributed by atoms with Gasteiger partial charge in [0.25, 0.3) is 5.56 Å². The van der Waals surface area contributed by atoms with Crippen LogP contribution in [-0.4, -0.2) is 9.55 Å². The first-order chi connectivity index (χ1) is 7.61. The molecule has 0 bridgehead atoms. The number of nitrogens with zero attached hydrogens (tertiary/aromatic N) is 2. The summed E-state index contributed by atoms with van der Waals surface area (Å²) in [6.07, 6.45) is 1.32. The summed E-state index contributed by atoms with van der Waals surface area (Å²) in [5.41, 5.74) is -0.576. The number of hydrogen-bond acceptors (Lipinski definition) is 2. The van der Waals surface area contributed by atoms with E-state index in [0.717, 1.165) is 10.6 Å². The van der Waals surface area contributed by atoms with Gasteiger partial charge in [0.05, 0.1) is 5.69 Å². The van der Waals surface area contributed by atoms with E-state index < -0.39 is 17.2 Å². The van der Waals surface area contributed by atoms with E-state index >= 15 is 0 Å². The highest BCUT2D eigenvalue weighted by atomic mass is 19.2. The molecule has 0 aliphatic heterocycles. The van der Waals surface area contributed by atoms with E-state index in [2.05, 4.69) is 4.98 Å². The molecule has 1 aromatic heterocycles. The number of halogens is 2. The van der Waals surface area contributed by atoms with Crippen molar-refractivity contribution in [2.45, 2.75) is 6.92 Å². The molecule has 0 saturated carbocycles. The average Bonchev–Trinajstić information content (AvgIpc) is 2.24. The Bertz CT molecular complexity index is 593. The SMILES string of the molecule is Cc1nccc(=O)n1-c1cccc(F)c1F. The van der Waals surface area contributed by atoms with Gasteiger partial charge in [-0.15, -0.1) is 0 Å². The summed E-state index contributed by atoms with van der Waals surface area (Å²) in [4.78, 5) is 15.4. The molecular weight excluding hydrogens is 214 g/mol. The molecule has 82 valence electrons. The van der Waals surface area contributed by atoms with Gasteiger partial charge < -0.3 is 0 Å². The zero-order chi connectivity index (χ0) is 11.7. The molecule has 1 aromatic carbocycles. The minimum Gasteiger partial charge on any atom is -0.269 e. The first-order valence-corrected chi connectivity index (χ1v) is 4.60. The van der Waals surface area contributed by atoms with Gasteiger partial charge in [0.2, 0.25) is 0 Å². The predicted molar refractivity (Wildman–Crippen MR) is 54.5 cm³/mol. The van der Waals surface area contributed by atoms with Crippen molar-refractivity contribution in [3.8, 4) is 5.69 Å². The quantitative estimate of drug-likeness (QED) is 0.737. The maximum absolute atomic E-state index is 13.5. The second-order valence-corrected chi connectivity index (χ2v) is 3.24. The fraction of sp³-hybridized carbons (Fsp3) is 0.0909. The third kappa shape index (κ3) is 1.60. The molecule has 0 aliphatic rings. The van der Waals surface area contributed by atoms with Crippen LogP contribution < -0.4 is 5.56 Å². The van der Waals surface area contributed by atoms with Crippen LogP contribution in [-0.2, 0) is 0 Å². The Hall–Kier alpha value is -2.04. The molecule has 0 N–H and O–H groups in total. The van der Waals surface area contributed by atoms with Gasteiger partial charge in [0, 0.05) is 12.3 Å². The Balaban J connectivity index is 2.78. The first-order valence-electron chi connectivity index (χ1n) is 4.60.